The van der Waals surface area contributed by atoms with Gasteiger partial charge in [-0.1, -0.05) is 18.2 Å². The van der Waals surface area contributed by atoms with E-state index < -0.39 is 6.04 Å². The summed E-state index contributed by atoms with van der Waals surface area (Å²) in [6.45, 7) is 1.59. The molecule has 2 N–H and O–H groups in total. The van der Waals surface area contributed by atoms with Crippen molar-refractivity contribution in [3.63, 3.8) is 0 Å². The third-order valence-corrected chi connectivity index (χ3v) is 4.08. The van der Waals surface area contributed by atoms with Gasteiger partial charge in [-0.3, -0.25) is 9.59 Å². The summed E-state index contributed by atoms with van der Waals surface area (Å²) in [6.07, 6.45) is 5.15. The van der Waals surface area contributed by atoms with Gasteiger partial charge in [0, 0.05) is 36.6 Å². The van der Waals surface area contributed by atoms with E-state index in [0.29, 0.717) is 12.8 Å². The molecule has 1 atom stereocenters. The number of H-pyrrole nitrogens is 1. The van der Waals surface area contributed by atoms with E-state index in [2.05, 4.69) is 10.3 Å². The predicted molar refractivity (Wildman–Crippen MR) is 80.8 cm³/mol. The number of carbonyl (C=O) groups is 2. The van der Waals surface area contributed by atoms with Crippen molar-refractivity contribution in [2.75, 3.05) is 13.1 Å². The highest BCUT2D eigenvalue weighted by Crippen LogP contribution is 2.20. The Hall–Kier alpha value is -2.30. The number of aromatic nitrogens is 1. The number of hydrogen-bond acceptors (Lipinski definition) is 2. The summed E-state index contributed by atoms with van der Waals surface area (Å²) in [7, 11) is 0. The molecule has 0 aliphatic carbocycles. The van der Waals surface area contributed by atoms with Gasteiger partial charge in [-0.15, -0.1) is 0 Å². The van der Waals surface area contributed by atoms with Gasteiger partial charge in [0.1, 0.15) is 6.04 Å². The van der Waals surface area contributed by atoms with E-state index >= 15 is 0 Å². The molecule has 1 aromatic heterocycles. The van der Waals surface area contributed by atoms with Gasteiger partial charge in [0.05, 0.1) is 0 Å². The lowest BCUT2D eigenvalue weighted by Crippen LogP contribution is -2.46. The normalized spacial score (nSPS) is 16.1. The van der Waals surface area contributed by atoms with Crippen molar-refractivity contribution in [3.8, 4) is 0 Å². The second-order valence-electron chi connectivity index (χ2n) is 5.43. The lowest BCUT2D eigenvalue weighted by atomic mass is 10.0. The quantitative estimate of drug-likeness (QED) is 0.817. The van der Waals surface area contributed by atoms with E-state index in [1.165, 1.54) is 0 Å². The summed E-state index contributed by atoms with van der Waals surface area (Å²) < 4.78 is 0. The molecule has 1 aliphatic heterocycles. The molecule has 2 aromatic rings. The minimum Gasteiger partial charge on any atom is -0.361 e. The lowest BCUT2D eigenvalue weighted by Gasteiger charge is -2.22. The fourth-order valence-electron chi connectivity index (χ4n) is 2.98. The van der Waals surface area contributed by atoms with Crippen LogP contribution in [-0.4, -0.2) is 41.3 Å². The number of hydrogen-bond donors (Lipinski definition) is 2. The Labute approximate surface area is 123 Å². The minimum absolute atomic E-state index is 0.0184. The van der Waals surface area contributed by atoms with E-state index in [1.807, 2.05) is 35.4 Å². The monoisotopic (exact) mass is 285 g/mol. The first-order chi connectivity index (χ1) is 10.3. The average Bonchev–Trinajstić information content (AvgIpc) is 3.16. The Bertz CT molecular complexity index is 644. The number of likely N-dealkylation sites (tertiary alicyclic amines) is 1. The molecule has 2 amide bonds. The summed E-state index contributed by atoms with van der Waals surface area (Å²) in [4.78, 5) is 28.4. The van der Waals surface area contributed by atoms with Gasteiger partial charge in [-0.2, -0.15) is 0 Å². The van der Waals surface area contributed by atoms with Crippen molar-refractivity contribution in [1.29, 1.82) is 0 Å². The van der Waals surface area contributed by atoms with Gasteiger partial charge in [0.2, 0.25) is 12.3 Å². The number of amides is 2. The van der Waals surface area contributed by atoms with Crippen molar-refractivity contribution < 1.29 is 9.59 Å². The van der Waals surface area contributed by atoms with Gasteiger partial charge < -0.3 is 15.2 Å². The summed E-state index contributed by atoms with van der Waals surface area (Å²) in [5.41, 5.74) is 2.10. The molecule has 1 aliphatic rings. The molecular weight excluding hydrogens is 266 g/mol. The maximum atomic E-state index is 12.5. The fraction of sp³-hybridized carbons (Fsp3) is 0.375. The Kier molecular flexibility index (Phi) is 3.90. The molecule has 1 unspecified atom stereocenters. The molecule has 0 radical (unpaired) electrons. The molecule has 1 aromatic carbocycles. The molecule has 0 spiro atoms. The van der Waals surface area contributed by atoms with Gasteiger partial charge in [0.15, 0.2) is 0 Å². The van der Waals surface area contributed by atoms with Crippen LogP contribution in [0.3, 0.4) is 0 Å². The van der Waals surface area contributed by atoms with Crippen molar-refractivity contribution >= 4 is 23.2 Å². The smallest absolute Gasteiger partial charge is 0.245 e. The number of nitrogens with zero attached hydrogens (tertiary/aromatic N) is 1. The van der Waals surface area contributed by atoms with Gasteiger partial charge in [0.25, 0.3) is 0 Å². The van der Waals surface area contributed by atoms with Crippen LogP contribution < -0.4 is 5.32 Å². The summed E-state index contributed by atoms with van der Waals surface area (Å²) in [6, 6.07) is 7.49. The second-order valence-corrected chi connectivity index (χ2v) is 5.43. The van der Waals surface area contributed by atoms with E-state index in [4.69, 9.17) is 0 Å². The molecule has 5 heteroatoms. The predicted octanol–water partition coefficient (Wildman–Crippen LogP) is 1.45. The molecule has 3 rings (SSSR count). The molecular formula is C16H19N3O2. The van der Waals surface area contributed by atoms with E-state index in [0.717, 1.165) is 42.4 Å². The number of rotatable bonds is 5. The molecule has 0 saturated carbocycles. The third-order valence-electron chi connectivity index (χ3n) is 4.08. The maximum absolute atomic E-state index is 12.5. The number of benzene rings is 1. The van der Waals surface area contributed by atoms with E-state index in [-0.39, 0.29) is 5.91 Å². The number of para-hydroxylation sites is 1. The summed E-state index contributed by atoms with van der Waals surface area (Å²) in [5.74, 6) is 0.0184. The van der Waals surface area contributed by atoms with Crippen LogP contribution in [0.1, 0.15) is 18.4 Å². The third kappa shape index (κ3) is 2.77. The van der Waals surface area contributed by atoms with Crippen LogP contribution in [0.4, 0.5) is 0 Å². The van der Waals surface area contributed by atoms with Gasteiger partial charge in [-0.25, -0.2) is 0 Å². The standard InChI is InChI=1S/C16H19N3O2/c20-11-18-15(16(21)19-7-3-4-8-19)9-12-10-17-14-6-2-1-5-13(12)14/h1-2,5-6,10-11,15,17H,3-4,7-9H2,(H,18,20). The SMILES string of the molecule is O=CNC(Cc1c[nH]c2ccccc12)C(=O)N1CCCC1. The molecule has 5 nitrogen and oxygen atoms in total. The molecule has 2 heterocycles. The van der Waals surface area contributed by atoms with Crippen LogP contribution in [0.5, 0.6) is 0 Å². The van der Waals surface area contributed by atoms with Crippen LogP contribution in [0.25, 0.3) is 10.9 Å². The van der Waals surface area contributed by atoms with Gasteiger partial charge in [-0.05, 0) is 24.5 Å². The second kappa shape index (κ2) is 5.99. The largest absolute Gasteiger partial charge is 0.361 e. The number of nitrogens with one attached hydrogen (secondary N) is 2. The van der Waals surface area contributed by atoms with Crippen LogP contribution in [0, 0.1) is 0 Å². The Morgan fingerprint density at radius 3 is 2.86 bits per heavy atom. The average molecular weight is 285 g/mol. The molecule has 21 heavy (non-hydrogen) atoms. The van der Waals surface area contributed by atoms with Crippen molar-refractivity contribution in [3.05, 3.63) is 36.0 Å². The topological polar surface area (TPSA) is 65.2 Å². The molecule has 1 saturated heterocycles. The molecule has 1 fully saturated rings. The van der Waals surface area contributed by atoms with Crippen molar-refractivity contribution in [1.82, 2.24) is 15.2 Å². The van der Waals surface area contributed by atoms with Crippen molar-refractivity contribution in [2.24, 2.45) is 0 Å². The number of carbonyl (C=O) groups excluding carboxylic acids is 2. The zero-order valence-electron chi connectivity index (χ0n) is 11.8. The highest BCUT2D eigenvalue weighted by molar-refractivity contribution is 5.87. The number of aromatic amines is 1. The summed E-state index contributed by atoms with van der Waals surface area (Å²) >= 11 is 0. The van der Waals surface area contributed by atoms with Crippen LogP contribution in [0.2, 0.25) is 0 Å². The highest BCUT2D eigenvalue weighted by atomic mass is 16.2. The Balaban J connectivity index is 1.81. The molecule has 0 bridgehead atoms. The Morgan fingerprint density at radius 1 is 1.33 bits per heavy atom. The van der Waals surface area contributed by atoms with E-state index in [9.17, 15) is 9.59 Å². The summed E-state index contributed by atoms with van der Waals surface area (Å²) in [5, 5.41) is 3.78. The highest BCUT2D eigenvalue weighted by Gasteiger charge is 2.26. The number of fused-ring (bicyclic) bond motifs is 1. The van der Waals surface area contributed by atoms with E-state index in [1.54, 1.807) is 0 Å². The first-order valence-electron chi connectivity index (χ1n) is 7.33. The maximum Gasteiger partial charge on any atom is 0.245 e. The van der Waals surface area contributed by atoms with Crippen LogP contribution >= 0.6 is 0 Å². The fourth-order valence-corrected chi connectivity index (χ4v) is 2.98. The minimum atomic E-state index is -0.486. The van der Waals surface area contributed by atoms with Gasteiger partial charge >= 0.3 is 0 Å². The first kappa shape index (κ1) is 13.7. The van der Waals surface area contributed by atoms with Crippen LogP contribution in [-0.2, 0) is 16.0 Å². The molecule has 110 valence electrons. The zero-order valence-corrected chi connectivity index (χ0v) is 11.8. The zero-order chi connectivity index (χ0) is 14.7. The lowest BCUT2D eigenvalue weighted by molar-refractivity contribution is -0.133. The Morgan fingerprint density at radius 2 is 2.10 bits per heavy atom. The van der Waals surface area contributed by atoms with Crippen LogP contribution in [0.15, 0.2) is 30.5 Å². The van der Waals surface area contributed by atoms with Crippen molar-refractivity contribution in [2.45, 2.75) is 25.3 Å². The first-order valence-corrected chi connectivity index (χ1v) is 7.33.